The predicted octanol–water partition coefficient (Wildman–Crippen LogP) is 2.45. The molecule has 0 bridgehead atoms. The summed E-state index contributed by atoms with van der Waals surface area (Å²) < 4.78 is 17.0. The summed E-state index contributed by atoms with van der Waals surface area (Å²) in [5.41, 5.74) is 0.889. The van der Waals surface area contributed by atoms with Crippen molar-refractivity contribution in [3.63, 3.8) is 0 Å². The van der Waals surface area contributed by atoms with Crippen LogP contribution in [0, 0.1) is 5.92 Å². The van der Waals surface area contributed by atoms with E-state index in [1.165, 1.54) is 0 Å². The van der Waals surface area contributed by atoms with Gasteiger partial charge in [-0.3, -0.25) is 4.18 Å². The van der Waals surface area contributed by atoms with E-state index in [0.29, 0.717) is 18.6 Å². The average Bonchev–Trinajstić information content (AvgIpc) is 2.21. The number of halogens is 1. The average molecular weight is 310 g/mol. The van der Waals surface area contributed by atoms with Crippen LogP contribution < -0.4 is 5.14 Å². The summed E-state index contributed by atoms with van der Waals surface area (Å²) in [6, 6.07) is 0. The van der Waals surface area contributed by atoms with E-state index in [1.807, 2.05) is 19.9 Å². The van der Waals surface area contributed by atoms with E-state index in [2.05, 4.69) is 15.9 Å². The summed E-state index contributed by atoms with van der Waals surface area (Å²) >= 11 is 1.63. The zero-order chi connectivity index (χ0) is 12.3. The second kappa shape index (κ2) is 5.95. The van der Waals surface area contributed by atoms with Crippen LogP contribution in [0.25, 0.3) is 0 Å². The highest BCUT2D eigenvalue weighted by molar-refractivity contribution is 9.11. The maximum Gasteiger partial charge on any atom is 0.231 e. The molecule has 1 aliphatic rings. The number of aliphatic hydroxyl groups excluding tert-OH is 1. The monoisotopic (exact) mass is 309 g/mol. The molecule has 1 rings (SSSR count). The fourth-order valence-electron chi connectivity index (χ4n) is 1.51. The standard InChI is InChI=1S/C10H16BrNO3S/c1-6-3-4-8(11)7(2)10(5-9(6)13)15-16(12)14/h4,7,10,13H,3,5,12H2,1-2H3/b8-4+,9-6+/t7-,10?,16?/m0/s1. The van der Waals surface area contributed by atoms with Crippen molar-refractivity contribution < 1.29 is 13.5 Å². The third-order valence-corrected chi connectivity index (χ3v) is 4.18. The lowest BCUT2D eigenvalue weighted by molar-refractivity contribution is 0.163. The minimum Gasteiger partial charge on any atom is -0.512 e. The van der Waals surface area contributed by atoms with Gasteiger partial charge in [0.05, 0.1) is 11.9 Å². The molecule has 92 valence electrons. The Morgan fingerprint density at radius 3 is 2.88 bits per heavy atom. The molecule has 6 heteroatoms. The Kier molecular flexibility index (Phi) is 5.17. The van der Waals surface area contributed by atoms with Gasteiger partial charge in [0.1, 0.15) is 0 Å². The Balaban J connectivity index is 2.93. The predicted molar refractivity (Wildman–Crippen MR) is 67.9 cm³/mol. The van der Waals surface area contributed by atoms with Gasteiger partial charge in [-0.05, 0) is 23.4 Å². The lowest BCUT2D eigenvalue weighted by Gasteiger charge is -2.24. The zero-order valence-corrected chi connectivity index (χ0v) is 11.7. The van der Waals surface area contributed by atoms with Crippen molar-refractivity contribution in [3.05, 3.63) is 21.9 Å². The number of rotatable bonds is 2. The van der Waals surface area contributed by atoms with Gasteiger partial charge in [-0.25, -0.2) is 9.35 Å². The first kappa shape index (κ1) is 13.9. The maximum absolute atomic E-state index is 10.9. The number of allylic oxidation sites excluding steroid dienone is 2. The normalized spacial score (nSPS) is 37.1. The molecule has 0 amide bonds. The number of hydrogen-bond donors (Lipinski definition) is 2. The van der Waals surface area contributed by atoms with E-state index >= 15 is 0 Å². The van der Waals surface area contributed by atoms with Gasteiger partial charge in [-0.1, -0.05) is 28.9 Å². The van der Waals surface area contributed by atoms with Crippen molar-refractivity contribution in [2.45, 2.75) is 32.8 Å². The van der Waals surface area contributed by atoms with Crippen LogP contribution in [0.15, 0.2) is 21.9 Å². The fraction of sp³-hybridized carbons (Fsp3) is 0.600. The van der Waals surface area contributed by atoms with Crippen LogP contribution in [0.2, 0.25) is 0 Å². The SMILES string of the molecule is C/C1=C(\O)CC(OS(N)=O)[C@@H](C)/C(Br)=C\C1. The maximum atomic E-state index is 10.9. The molecule has 0 saturated carbocycles. The fourth-order valence-corrected chi connectivity index (χ4v) is 2.45. The van der Waals surface area contributed by atoms with Crippen molar-refractivity contribution >= 4 is 27.2 Å². The van der Waals surface area contributed by atoms with Crippen molar-refractivity contribution in [1.82, 2.24) is 0 Å². The smallest absolute Gasteiger partial charge is 0.231 e. The van der Waals surface area contributed by atoms with Gasteiger partial charge in [-0.15, -0.1) is 0 Å². The molecule has 0 radical (unpaired) electrons. The minimum absolute atomic E-state index is 0.0164. The topological polar surface area (TPSA) is 72.6 Å². The Morgan fingerprint density at radius 2 is 2.31 bits per heavy atom. The van der Waals surface area contributed by atoms with E-state index < -0.39 is 11.3 Å². The van der Waals surface area contributed by atoms with Crippen LogP contribution in [0.5, 0.6) is 0 Å². The van der Waals surface area contributed by atoms with E-state index in [1.54, 1.807) is 0 Å². The molecule has 0 aromatic rings. The molecule has 0 aliphatic heterocycles. The second-order valence-electron chi connectivity index (χ2n) is 3.91. The Bertz CT molecular complexity index is 354. The van der Waals surface area contributed by atoms with E-state index in [0.717, 1.165) is 10.1 Å². The summed E-state index contributed by atoms with van der Waals surface area (Å²) in [6.45, 7) is 3.80. The van der Waals surface area contributed by atoms with Crippen molar-refractivity contribution in [2.24, 2.45) is 11.1 Å². The number of aliphatic hydroxyl groups is 1. The van der Waals surface area contributed by atoms with Crippen LogP contribution in [0.3, 0.4) is 0 Å². The first-order valence-electron chi connectivity index (χ1n) is 4.98. The minimum atomic E-state index is -1.82. The van der Waals surface area contributed by atoms with Crippen molar-refractivity contribution in [3.8, 4) is 0 Å². The van der Waals surface area contributed by atoms with Gasteiger partial charge in [0.2, 0.25) is 11.3 Å². The van der Waals surface area contributed by atoms with Gasteiger partial charge in [0, 0.05) is 12.3 Å². The molecule has 0 aromatic heterocycles. The van der Waals surface area contributed by atoms with Crippen LogP contribution >= 0.6 is 15.9 Å². The molecule has 3 atom stereocenters. The van der Waals surface area contributed by atoms with Gasteiger partial charge in [0.15, 0.2) is 0 Å². The Labute approximate surface area is 106 Å². The molecule has 0 saturated heterocycles. The van der Waals surface area contributed by atoms with E-state index in [-0.39, 0.29) is 12.0 Å². The summed E-state index contributed by atoms with van der Waals surface area (Å²) in [5.74, 6) is 0.307. The molecule has 0 aromatic carbocycles. The van der Waals surface area contributed by atoms with Crippen LogP contribution in [-0.4, -0.2) is 15.4 Å². The largest absolute Gasteiger partial charge is 0.512 e. The van der Waals surface area contributed by atoms with Gasteiger partial charge in [-0.2, -0.15) is 0 Å². The first-order valence-corrected chi connectivity index (χ1v) is 6.91. The summed E-state index contributed by atoms with van der Waals surface area (Å²) in [7, 11) is 0. The quantitative estimate of drug-likeness (QED) is 0.823. The highest BCUT2D eigenvalue weighted by Gasteiger charge is 2.25. The summed E-state index contributed by atoms with van der Waals surface area (Å²) in [5, 5.41) is 14.9. The highest BCUT2D eigenvalue weighted by atomic mass is 79.9. The molecular weight excluding hydrogens is 294 g/mol. The molecule has 0 fully saturated rings. The van der Waals surface area contributed by atoms with Crippen LogP contribution in [0.4, 0.5) is 0 Å². The molecule has 0 spiro atoms. The third kappa shape index (κ3) is 3.69. The zero-order valence-electron chi connectivity index (χ0n) is 9.27. The van der Waals surface area contributed by atoms with Gasteiger partial charge >= 0.3 is 0 Å². The third-order valence-electron chi connectivity index (χ3n) is 2.70. The van der Waals surface area contributed by atoms with E-state index in [4.69, 9.17) is 9.32 Å². The number of hydrogen-bond acceptors (Lipinski definition) is 3. The lowest BCUT2D eigenvalue weighted by Crippen LogP contribution is -2.27. The molecule has 4 nitrogen and oxygen atoms in total. The van der Waals surface area contributed by atoms with Crippen LogP contribution in [-0.2, 0) is 15.4 Å². The molecule has 16 heavy (non-hydrogen) atoms. The second-order valence-corrected chi connectivity index (χ2v) is 5.54. The molecular formula is C10H16BrNO3S. The molecule has 1 aliphatic carbocycles. The van der Waals surface area contributed by atoms with Crippen molar-refractivity contribution in [2.75, 3.05) is 0 Å². The molecule has 2 unspecified atom stereocenters. The molecule has 0 heterocycles. The number of nitrogens with two attached hydrogens (primary N) is 1. The van der Waals surface area contributed by atoms with E-state index in [9.17, 15) is 9.32 Å². The summed E-state index contributed by atoms with van der Waals surface area (Å²) in [4.78, 5) is 0. The highest BCUT2D eigenvalue weighted by Crippen LogP contribution is 2.31. The van der Waals surface area contributed by atoms with Crippen molar-refractivity contribution in [1.29, 1.82) is 0 Å². The molecule has 3 N–H and O–H groups in total. The Morgan fingerprint density at radius 1 is 1.69 bits per heavy atom. The Hall–Kier alpha value is -0.170. The first-order chi connectivity index (χ1) is 7.41. The summed E-state index contributed by atoms with van der Waals surface area (Å²) in [6.07, 6.45) is 2.63. The van der Waals surface area contributed by atoms with Crippen LogP contribution in [0.1, 0.15) is 26.7 Å². The lowest BCUT2D eigenvalue weighted by atomic mass is 9.95. The van der Waals surface area contributed by atoms with Gasteiger partial charge in [0.25, 0.3) is 0 Å². The van der Waals surface area contributed by atoms with Gasteiger partial charge < -0.3 is 5.11 Å².